The van der Waals surface area contributed by atoms with Crippen LogP contribution in [0.25, 0.3) is 0 Å². The molecule has 0 fully saturated rings. The Morgan fingerprint density at radius 2 is 1.78 bits per heavy atom. The third-order valence-corrected chi connectivity index (χ3v) is 3.76. The number of hydrogen-bond donors (Lipinski definition) is 2. The van der Waals surface area contributed by atoms with Gasteiger partial charge in [0.25, 0.3) is 5.91 Å². The standard InChI is InChI=1S/C18H13ClF2N4O2/c1-27-15-6-5-11(19)7-14(15)24-18-22-8-10(9-23-18)17(26)25-16-12(20)3-2-4-13(16)21/h2-9H,1H3,(H,25,26)(H,22,23,24). The lowest BCUT2D eigenvalue weighted by molar-refractivity contribution is 0.102. The monoisotopic (exact) mass is 390 g/mol. The number of ether oxygens (including phenoxy) is 1. The quantitative estimate of drug-likeness (QED) is 0.674. The van der Waals surface area contributed by atoms with Crippen molar-refractivity contribution < 1.29 is 18.3 Å². The van der Waals surface area contributed by atoms with Crippen molar-refractivity contribution in [2.75, 3.05) is 17.7 Å². The number of nitrogens with one attached hydrogen (secondary N) is 2. The number of methoxy groups -OCH3 is 1. The van der Waals surface area contributed by atoms with E-state index in [4.69, 9.17) is 16.3 Å². The molecule has 3 rings (SSSR count). The molecule has 0 bridgehead atoms. The van der Waals surface area contributed by atoms with E-state index in [1.54, 1.807) is 18.2 Å². The molecule has 9 heteroatoms. The normalized spacial score (nSPS) is 10.4. The number of nitrogens with zero attached hydrogens (tertiary/aromatic N) is 2. The number of aromatic nitrogens is 2. The summed E-state index contributed by atoms with van der Waals surface area (Å²) >= 11 is 5.96. The highest BCUT2D eigenvalue weighted by Crippen LogP contribution is 2.29. The van der Waals surface area contributed by atoms with Crippen molar-refractivity contribution in [1.29, 1.82) is 0 Å². The van der Waals surface area contributed by atoms with E-state index in [1.807, 2.05) is 0 Å². The molecule has 138 valence electrons. The number of rotatable bonds is 5. The minimum absolute atomic E-state index is 0.0289. The maximum atomic E-state index is 13.6. The van der Waals surface area contributed by atoms with Gasteiger partial charge >= 0.3 is 0 Å². The molecule has 2 N–H and O–H groups in total. The third-order valence-electron chi connectivity index (χ3n) is 3.52. The molecule has 0 unspecified atom stereocenters. The molecule has 0 saturated heterocycles. The molecule has 1 heterocycles. The molecule has 2 aromatic carbocycles. The first-order valence-electron chi connectivity index (χ1n) is 7.66. The van der Waals surface area contributed by atoms with Crippen molar-refractivity contribution in [2.24, 2.45) is 0 Å². The van der Waals surface area contributed by atoms with Crippen LogP contribution >= 0.6 is 11.6 Å². The average Bonchev–Trinajstić information content (AvgIpc) is 2.65. The second-order valence-corrected chi connectivity index (χ2v) is 5.75. The van der Waals surface area contributed by atoms with Gasteiger partial charge in [0.1, 0.15) is 23.1 Å². The highest BCUT2D eigenvalue weighted by atomic mass is 35.5. The second kappa shape index (κ2) is 7.96. The predicted molar refractivity (Wildman–Crippen MR) is 97.6 cm³/mol. The first kappa shape index (κ1) is 18.5. The van der Waals surface area contributed by atoms with Crippen molar-refractivity contribution in [3.63, 3.8) is 0 Å². The summed E-state index contributed by atoms with van der Waals surface area (Å²) in [5.74, 6) is -1.79. The van der Waals surface area contributed by atoms with E-state index >= 15 is 0 Å². The highest BCUT2D eigenvalue weighted by molar-refractivity contribution is 6.31. The Morgan fingerprint density at radius 3 is 2.41 bits per heavy atom. The maximum Gasteiger partial charge on any atom is 0.258 e. The number of carbonyl (C=O) groups is 1. The topological polar surface area (TPSA) is 76.1 Å². The Bertz CT molecular complexity index is 963. The second-order valence-electron chi connectivity index (χ2n) is 5.32. The van der Waals surface area contributed by atoms with Gasteiger partial charge in [0.05, 0.1) is 18.4 Å². The molecule has 1 amide bonds. The van der Waals surface area contributed by atoms with Gasteiger partial charge in [0.2, 0.25) is 5.95 Å². The van der Waals surface area contributed by atoms with Crippen molar-refractivity contribution in [2.45, 2.75) is 0 Å². The number of hydrogen-bond acceptors (Lipinski definition) is 5. The minimum atomic E-state index is -0.879. The van der Waals surface area contributed by atoms with Crippen LogP contribution in [0.2, 0.25) is 5.02 Å². The largest absolute Gasteiger partial charge is 0.495 e. The first-order valence-corrected chi connectivity index (χ1v) is 8.03. The van der Waals surface area contributed by atoms with Gasteiger partial charge in [-0.3, -0.25) is 4.79 Å². The van der Waals surface area contributed by atoms with Crippen LogP contribution in [-0.4, -0.2) is 23.0 Å². The maximum absolute atomic E-state index is 13.6. The molecular formula is C18H13ClF2N4O2. The smallest absolute Gasteiger partial charge is 0.258 e. The van der Waals surface area contributed by atoms with Crippen molar-refractivity contribution in [3.8, 4) is 5.75 Å². The fraction of sp³-hybridized carbons (Fsp3) is 0.0556. The summed E-state index contributed by atoms with van der Waals surface area (Å²) in [6.07, 6.45) is 2.45. The highest BCUT2D eigenvalue weighted by Gasteiger charge is 2.14. The number of amides is 1. The zero-order valence-electron chi connectivity index (χ0n) is 14.0. The Labute approximate surface area is 158 Å². The van der Waals surface area contributed by atoms with Gasteiger partial charge in [0, 0.05) is 17.4 Å². The van der Waals surface area contributed by atoms with E-state index in [0.29, 0.717) is 16.5 Å². The van der Waals surface area contributed by atoms with E-state index < -0.39 is 23.2 Å². The lowest BCUT2D eigenvalue weighted by Crippen LogP contribution is -2.15. The lowest BCUT2D eigenvalue weighted by atomic mass is 10.2. The number of anilines is 3. The van der Waals surface area contributed by atoms with Crippen LogP contribution in [0.3, 0.4) is 0 Å². The van der Waals surface area contributed by atoms with Crippen LogP contribution in [0.4, 0.5) is 26.1 Å². The third kappa shape index (κ3) is 4.29. The summed E-state index contributed by atoms with van der Waals surface area (Å²) in [6, 6.07) is 8.26. The molecule has 0 aliphatic carbocycles. The Hall–Kier alpha value is -3.26. The summed E-state index contributed by atoms with van der Waals surface area (Å²) in [6.45, 7) is 0. The number of carbonyl (C=O) groups excluding carboxylic acids is 1. The van der Waals surface area contributed by atoms with Gasteiger partial charge in [-0.25, -0.2) is 18.7 Å². The molecule has 27 heavy (non-hydrogen) atoms. The molecule has 1 aromatic heterocycles. The zero-order chi connectivity index (χ0) is 19.4. The van der Waals surface area contributed by atoms with Crippen molar-refractivity contribution in [1.82, 2.24) is 9.97 Å². The molecule has 0 saturated carbocycles. The number of halogens is 3. The first-order chi connectivity index (χ1) is 13.0. The molecule has 0 aliphatic rings. The lowest BCUT2D eigenvalue weighted by Gasteiger charge is -2.11. The van der Waals surface area contributed by atoms with Crippen LogP contribution in [0.1, 0.15) is 10.4 Å². The van der Waals surface area contributed by atoms with Crippen LogP contribution in [0.15, 0.2) is 48.8 Å². The van der Waals surface area contributed by atoms with Crippen molar-refractivity contribution in [3.05, 3.63) is 71.0 Å². The van der Waals surface area contributed by atoms with Gasteiger partial charge in [-0.2, -0.15) is 0 Å². The number of para-hydroxylation sites is 1. The summed E-state index contributed by atoms with van der Waals surface area (Å²) < 4.78 is 32.4. The molecule has 6 nitrogen and oxygen atoms in total. The van der Waals surface area contributed by atoms with E-state index in [2.05, 4.69) is 20.6 Å². The molecule has 0 atom stereocenters. The Balaban J connectivity index is 1.76. The summed E-state index contributed by atoms with van der Waals surface area (Å²) in [7, 11) is 1.50. The van der Waals surface area contributed by atoms with E-state index in [9.17, 15) is 13.6 Å². The Morgan fingerprint density at radius 1 is 1.11 bits per heavy atom. The van der Waals surface area contributed by atoms with Crippen molar-refractivity contribution >= 4 is 34.8 Å². The van der Waals surface area contributed by atoms with Gasteiger partial charge in [-0.15, -0.1) is 0 Å². The predicted octanol–water partition coefficient (Wildman–Crippen LogP) is 4.41. The van der Waals surface area contributed by atoms with E-state index in [0.717, 1.165) is 12.1 Å². The molecule has 0 spiro atoms. The summed E-state index contributed by atoms with van der Waals surface area (Å²) in [4.78, 5) is 20.2. The minimum Gasteiger partial charge on any atom is -0.495 e. The molecule has 3 aromatic rings. The van der Waals surface area contributed by atoms with Crippen LogP contribution in [-0.2, 0) is 0 Å². The van der Waals surface area contributed by atoms with Gasteiger partial charge < -0.3 is 15.4 Å². The zero-order valence-corrected chi connectivity index (χ0v) is 14.7. The molecule has 0 radical (unpaired) electrons. The van der Waals surface area contributed by atoms with Gasteiger partial charge in [-0.05, 0) is 30.3 Å². The van der Waals surface area contributed by atoms with E-state index in [-0.39, 0.29) is 11.5 Å². The fourth-order valence-corrected chi connectivity index (χ4v) is 2.38. The van der Waals surface area contributed by atoms with Gasteiger partial charge in [-0.1, -0.05) is 17.7 Å². The fourth-order valence-electron chi connectivity index (χ4n) is 2.21. The summed E-state index contributed by atoms with van der Waals surface area (Å²) in [5, 5.41) is 5.57. The van der Waals surface area contributed by atoms with E-state index in [1.165, 1.54) is 25.6 Å². The Kier molecular flexibility index (Phi) is 5.46. The number of benzene rings is 2. The average molecular weight is 391 g/mol. The van der Waals surface area contributed by atoms with Crippen LogP contribution in [0.5, 0.6) is 5.75 Å². The van der Waals surface area contributed by atoms with Crippen LogP contribution < -0.4 is 15.4 Å². The van der Waals surface area contributed by atoms with Crippen LogP contribution in [0, 0.1) is 11.6 Å². The van der Waals surface area contributed by atoms with Gasteiger partial charge in [0.15, 0.2) is 0 Å². The summed E-state index contributed by atoms with van der Waals surface area (Å²) in [5.41, 5.74) is 0.0326. The molecular weight excluding hydrogens is 378 g/mol. The molecule has 0 aliphatic heterocycles. The SMILES string of the molecule is COc1ccc(Cl)cc1Nc1ncc(C(=O)Nc2c(F)cccc2F)cn1.